The highest BCUT2D eigenvalue weighted by atomic mass is 19.1. The van der Waals surface area contributed by atoms with Crippen LogP contribution >= 0.6 is 0 Å². The van der Waals surface area contributed by atoms with Crippen LogP contribution in [-0.2, 0) is 0 Å². The molecule has 2 rings (SSSR count). The maximum Gasteiger partial charge on any atom is 0.128 e. The molecule has 21 heavy (non-hydrogen) atoms. The molecule has 0 bridgehead atoms. The number of halogens is 1. The van der Waals surface area contributed by atoms with E-state index in [1.165, 1.54) is 6.42 Å². The van der Waals surface area contributed by atoms with Crippen LogP contribution in [0.15, 0.2) is 18.2 Å². The van der Waals surface area contributed by atoms with Crippen LogP contribution in [0.1, 0.15) is 37.4 Å². The van der Waals surface area contributed by atoms with E-state index < -0.39 is 0 Å². The molecular formula is C17H28FN3. The summed E-state index contributed by atoms with van der Waals surface area (Å²) in [6.07, 6.45) is 1.17. The number of nitrogens with zero attached hydrogens (tertiary/aromatic N) is 2. The van der Waals surface area contributed by atoms with Crippen molar-refractivity contribution in [2.24, 2.45) is 5.73 Å². The maximum atomic E-state index is 14.1. The maximum absolute atomic E-state index is 14.1. The van der Waals surface area contributed by atoms with Gasteiger partial charge in [-0.15, -0.1) is 0 Å². The highest BCUT2D eigenvalue weighted by Crippen LogP contribution is 2.25. The van der Waals surface area contributed by atoms with Gasteiger partial charge in [0.25, 0.3) is 0 Å². The van der Waals surface area contributed by atoms with Gasteiger partial charge in [-0.2, -0.15) is 0 Å². The van der Waals surface area contributed by atoms with Crippen molar-refractivity contribution in [3.8, 4) is 0 Å². The molecule has 0 saturated carbocycles. The van der Waals surface area contributed by atoms with Crippen LogP contribution < -0.4 is 5.73 Å². The van der Waals surface area contributed by atoms with E-state index >= 15 is 0 Å². The average Bonchev–Trinajstić information content (AvgIpc) is 2.51. The summed E-state index contributed by atoms with van der Waals surface area (Å²) in [6, 6.07) is 5.92. The summed E-state index contributed by atoms with van der Waals surface area (Å²) in [5, 5.41) is 0. The van der Waals surface area contributed by atoms with Gasteiger partial charge < -0.3 is 5.73 Å². The quantitative estimate of drug-likeness (QED) is 0.905. The highest BCUT2D eigenvalue weighted by Gasteiger charge is 2.27. The molecule has 1 saturated heterocycles. The van der Waals surface area contributed by atoms with Gasteiger partial charge in [0.1, 0.15) is 5.82 Å². The Hall–Kier alpha value is -0.970. The molecule has 0 aromatic heterocycles. The van der Waals surface area contributed by atoms with Gasteiger partial charge in [-0.25, -0.2) is 4.39 Å². The Balaban J connectivity index is 2.08. The molecule has 0 aliphatic carbocycles. The first kappa shape index (κ1) is 16.4. The molecule has 1 aromatic rings. The minimum absolute atomic E-state index is 0.0102. The summed E-state index contributed by atoms with van der Waals surface area (Å²) in [7, 11) is 0. The topological polar surface area (TPSA) is 32.5 Å². The van der Waals surface area contributed by atoms with Crippen LogP contribution in [0.25, 0.3) is 0 Å². The van der Waals surface area contributed by atoms with E-state index in [0.717, 1.165) is 37.3 Å². The zero-order valence-electron chi connectivity index (χ0n) is 13.5. The van der Waals surface area contributed by atoms with Crippen LogP contribution in [0, 0.1) is 12.7 Å². The lowest BCUT2D eigenvalue weighted by atomic mass is 10.0. The van der Waals surface area contributed by atoms with Gasteiger partial charge >= 0.3 is 0 Å². The molecule has 0 amide bonds. The van der Waals surface area contributed by atoms with Gasteiger partial charge in [0, 0.05) is 44.3 Å². The smallest absolute Gasteiger partial charge is 0.128 e. The third-order valence-electron chi connectivity index (χ3n) is 4.74. The predicted octanol–water partition coefficient (Wildman–Crippen LogP) is 2.55. The first-order valence-electron chi connectivity index (χ1n) is 8.01. The normalized spacial score (nSPS) is 20.4. The Kier molecular flexibility index (Phi) is 5.73. The van der Waals surface area contributed by atoms with Gasteiger partial charge in [-0.1, -0.05) is 24.6 Å². The molecule has 4 heteroatoms. The molecule has 1 heterocycles. The van der Waals surface area contributed by atoms with Crippen molar-refractivity contribution in [2.75, 3.05) is 32.7 Å². The molecule has 1 aliphatic rings. The number of aryl methyl sites for hydroxylation is 1. The lowest BCUT2D eigenvalue weighted by molar-refractivity contribution is 0.0733. The summed E-state index contributed by atoms with van der Waals surface area (Å²) in [5.74, 6) is -0.139. The molecule has 118 valence electrons. The molecule has 1 aliphatic heterocycles. The summed E-state index contributed by atoms with van der Waals surface area (Å²) < 4.78 is 14.1. The molecule has 3 nitrogen and oxygen atoms in total. The molecule has 0 spiro atoms. The summed E-state index contributed by atoms with van der Waals surface area (Å²) in [6.45, 7) is 11.0. The van der Waals surface area contributed by atoms with E-state index in [1.807, 2.05) is 19.1 Å². The van der Waals surface area contributed by atoms with E-state index in [-0.39, 0.29) is 11.9 Å². The van der Waals surface area contributed by atoms with Crippen LogP contribution in [0.3, 0.4) is 0 Å². The zero-order valence-corrected chi connectivity index (χ0v) is 13.5. The first-order valence-corrected chi connectivity index (χ1v) is 8.01. The van der Waals surface area contributed by atoms with E-state index in [2.05, 4.69) is 23.6 Å². The van der Waals surface area contributed by atoms with E-state index in [0.29, 0.717) is 12.6 Å². The minimum atomic E-state index is -0.139. The largest absolute Gasteiger partial charge is 0.329 e. The molecule has 2 N–H and O–H groups in total. The minimum Gasteiger partial charge on any atom is -0.329 e. The number of hydrogen-bond acceptors (Lipinski definition) is 3. The van der Waals surface area contributed by atoms with Crippen molar-refractivity contribution >= 4 is 0 Å². The number of rotatable bonds is 5. The monoisotopic (exact) mass is 293 g/mol. The van der Waals surface area contributed by atoms with Gasteiger partial charge in [0.05, 0.1) is 6.04 Å². The Bertz CT molecular complexity index is 455. The Morgan fingerprint density at radius 3 is 2.38 bits per heavy atom. The second kappa shape index (κ2) is 7.34. The molecular weight excluding hydrogens is 265 g/mol. The second-order valence-electron chi connectivity index (χ2n) is 6.11. The molecule has 2 unspecified atom stereocenters. The van der Waals surface area contributed by atoms with Crippen LogP contribution in [0.5, 0.6) is 0 Å². The Labute approximate surface area is 127 Å². The Morgan fingerprint density at radius 1 is 1.19 bits per heavy atom. The van der Waals surface area contributed by atoms with E-state index in [4.69, 9.17) is 5.73 Å². The third kappa shape index (κ3) is 3.82. The first-order chi connectivity index (χ1) is 10.1. The lowest BCUT2D eigenvalue weighted by Crippen LogP contribution is -2.51. The standard InChI is InChI=1S/C17H28FN3/c1-4-14(3)20-7-9-21(10-8-20)17(12-19)15-11-13(2)5-6-16(15)18/h5-6,11,14,17H,4,7-10,12,19H2,1-3H3. The third-order valence-corrected chi connectivity index (χ3v) is 4.74. The number of piperazine rings is 1. The van der Waals surface area contributed by atoms with Crippen LogP contribution in [0.2, 0.25) is 0 Å². The Morgan fingerprint density at radius 2 is 1.81 bits per heavy atom. The van der Waals surface area contributed by atoms with E-state index in [9.17, 15) is 4.39 Å². The van der Waals surface area contributed by atoms with Crippen molar-refractivity contribution in [1.82, 2.24) is 9.80 Å². The van der Waals surface area contributed by atoms with Gasteiger partial charge in [0.2, 0.25) is 0 Å². The van der Waals surface area contributed by atoms with Gasteiger partial charge in [-0.05, 0) is 26.3 Å². The highest BCUT2D eigenvalue weighted by molar-refractivity contribution is 5.27. The fourth-order valence-corrected chi connectivity index (χ4v) is 3.14. The van der Waals surface area contributed by atoms with Crippen molar-refractivity contribution in [2.45, 2.75) is 39.3 Å². The summed E-state index contributed by atoms with van der Waals surface area (Å²) >= 11 is 0. The SMILES string of the molecule is CCC(C)N1CCN(C(CN)c2cc(C)ccc2F)CC1. The van der Waals surface area contributed by atoms with Crippen LogP contribution in [-0.4, -0.2) is 48.6 Å². The van der Waals surface area contributed by atoms with Crippen molar-refractivity contribution in [1.29, 1.82) is 0 Å². The van der Waals surface area contributed by atoms with Crippen molar-refractivity contribution in [3.05, 3.63) is 35.1 Å². The van der Waals surface area contributed by atoms with Gasteiger partial charge in [-0.3, -0.25) is 9.80 Å². The average molecular weight is 293 g/mol. The van der Waals surface area contributed by atoms with Crippen molar-refractivity contribution in [3.63, 3.8) is 0 Å². The fourth-order valence-electron chi connectivity index (χ4n) is 3.14. The summed E-state index contributed by atoms with van der Waals surface area (Å²) in [4.78, 5) is 4.84. The van der Waals surface area contributed by atoms with E-state index in [1.54, 1.807) is 6.07 Å². The number of benzene rings is 1. The predicted molar refractivity (Wildman–Crippen MR) is 85.8 cm³/mol. The fraction of sp³-hybridized carbons (Fsp3) is 0.647. The lowest BCUT2D eigenvalue weighted by Gasteiger charge is -2.41. The molecule has 0 radical (unpaired) electrons. The molecule has 1 fully saturated rings. The molecule has 2 atom stereocenters. The van der Waals surface area contributed by atoms with Gasteiger partial charge in [0.15, 0.2) is 0 Å². The second-order valence-corrected chi connectivity index (χ2v) is 6.11. The molecule has 1 aromatic carbocycles. The summed E-state index contributed by atoms with van der Waals surface area (Å²) in [5.41, 5.74) is 7.78. The number of nitrogens with two attached hydrogens (primary N) is 1. The number of hydrogen-bond donors (Lipinski definition) is 1. The zero-order chi connectivity index (χ0) is 15.4. The van der Waals surface area contributed by atoms with Crippen LogP contribution in [0.4, 0.5) is 4.39 Å². The van der Waals surface area contributed by atoms with Crippen molar-refractivity contribution < 1.29 is 4.39 Å².